The van der Waals surface area contributed by atoms with E-state index < -0.39 is 17.6 Å². The van der Waals surface area contributed by atoms with E-state index in [1.54, 1.807) is 6.92 Å². The monoisotopic (exact) mass is 389 g/mol. The molecule has 3 N–H and O–H groups in total. The molecule has 0 spiro atoms. The number of alkyl halides is 3. The summed E-state index contributed by atoms with van der Waals surface area (Å²) >= 11 is 1.02. The Morgan fingerprint density at radius 1 is 1.38 bits per heavy atom. The number of carbonyl (C=O) groups is 1. The molecule has 11 heteroatoms. The molecule has 0 unspecified atom stereocenters. The van der Waals surface area contributed by atoms with Gasteiger partial charge in [0, 0.05) is 0 Å². The number of carbonyl (C=O) groups excluding carboxylic acids is 1. The van der Waals surface area contributed by atoms with E-state index >= 15 is 0 Å². The van der Waals surface area contributed by atoms with E-state index in [-0.39, 0.29) is 17.2 Å². The van der Waals surface area contributed by atoms with Crippen LogP contribution < -0.4 is 15.9 Å². The lowest BCUT2D eigenvalue weighted by atomic mass is 10.1. The van der Waals surface area contributed by atoms with Crippen molar-refractivity contribution in [2.75, 3.05) is 23.5 Å². The highest BCUT2D eigenvalue weighted by Gasteiger charge is 2.31. The molecule has 0 aliphatic carbocycles. The van der Waals surface area contributed by atoms with Crippen LogP contribution in [0.15, 0.2) is 23.4 Å². The summed E-state index contributed by atoms with van der Waals surface area (Å²) in [5.41, 5.74) is -0.911. The van der Waals surface area contributed by atoms with Crippen LogP contribution in [0.5, 0.6) is 5.75 Å². The maximum Gasteiger partial charge on any atom is 0.416 e. The number of anilines is 1. The first kappa shape index (κ1) is 19.9. The molecule has 2 rings (SSSR count). The molecule has 7 nitrogen and oxygen atoms in total. The molecule has 0 fully saturated rings. The zero-order chi connectivity index (χ0) is 19.3. The number of nitrogens with two attached hydrogens (primary N) is 1. The molecule has 0 saturated carbocycles. The normalized spacial score (nSPS) is 11.4. The number of halogens is 3. The molecular formula is C15H18F3N5O2S. The fourth-order valence-electron chi connectivity index (χ4n) is 1.91. The van der Waals surface area contributed by atoms with Crippen LogP contribution in [-0.2, 0) is 11.0 Å². The van der Waals surface area contributed by atoms with Crippen LogP contribution in [0.4, 0.5) is 18.9 Å². The van der Waals surface area contributed by atoms with Crippen molar-refractivity contribution in [2.45, 2.75) is 31.6 Å². The largest absolute Gasteiger partial charge is 0.491 e. The third-order valence-electron chi connectivity index (χ3n) is 3.21. The Morgan fingerprint density at radius 3 is 2.69 bits per heavy atom. The van der Waals surface area contributed by atoms with Gasteiger partial charge in [0.05, 0.1) is 23.6 Å². The molecule has 0 atom stereocenters. The summed E-state index contributed by atoms with van der Waals surface area (Å²) in [7, 11) is 0. The van der Waals surface area contributed by atoms with E-state index in [4.69, 9.17) is 10.6 Å². The Labute approximate surface area is 152 Å². The van der Waals surface area contributed by atoms with Crippen molar-refractivity contribution in [2.24, 2.45) is 0 Å². The molecule has 1 heterocycles. The number of ether oxygens (including phenoxy) is 1. The lowest BCUT2D eigenvalue weighted by Gasteiger charge is -2.15. The van der Waals surface area contributed by atoms with Crippen LogP contribution in [0, 0.1) is 6.92 Å². The van der Waals surface area contributed by atoms with Gasteiger partial charge in [-0.2, -0.15) is 13.2 Å². The van der Waals surface area contributed by atoms with E-state index in [0.717, 1.165) is 23.9 Å². The Bertz CT molecular complexity index is 779. The molecule has 0 aliphatic rings. The molecule has 1 amide bonds. The predicted molar refractivity (Wildman–Crippen MR) is 91.5 cm³/mol. The number of aromatic nitrogens is 3. The standard InChI is InChI=1S/C15H18F3N5O2S/c1-3-6-25-12-5-4-10(15(16,17)18)7-11(12)20-13(24)8-26-14-22-21-9(2)23(14)19/h4-5,7H,3,6,8,19H2,1-2H3,(H,20,24). The zero-order valence-corrected chi connectivity index (χ0v) is 14.9. The molecule has 1 aromatic heterocycles. The number of aryl methyl sites for hydroxylation is 1. The average molecular weight is 389 g/mol. The van der Waals surface area contributed by atoms with Gasteiger partial charge in [-0.25, -0.2) is 4.68 Å². The van der Waals surface area contributed by atoms with Crippen molar-refractivity contribution < 1.29 is 22.7 Å². The number of hydrogen-bond acceptors (Lipinski definition) is 6. The smallest absolute Gasteiger partial charge is 0.416 e. The summed E-state index contributed by atoms with van der Waals surface area (Å²) in [6.45, 7) is 3.83. The third kappa shape index (κ3) is 5.04. The van der Waals surface area contributed by atoms with Gasteiger partial charge in [-0.05, 0) is 31.5 Å². The second kappa shape index (κ2) is 8.30. The fraction of sp³-hybridized carbons (Fsp3) is 0.400. The summed E-state index contributed by atoms with van der Waals surface area (Å²) in [5, 5.41) is 10.3. The zero-order valence-electron chi connectivity index (χ0n) is 14.1. The maximum atomic E-state index is 12.9. The molecule has 0 aliphatic heterocycles. The molecule has 0 saturated heterocycles. The molecule has 0 radical (unpaired) electrons. The van der Waals surface area contributed by atoms with Crippen LogP contribution in [0.2, 0.25) is 0 Å². The Hall–Kier alpha value is -2.43. The number of nitrogens with one attached hydrogen (secondary N) is 1. The van der Waals surface area contributed by atoms with Crippen molar-refractivity contribution in [3.05, 3.63) is 29.6 Å². The van der Waals surface area contributed by atoms with Crippen LogP contribution >= 0.6 is 11.8 Å². The number of benzene rings is 1. The van der Waals surface area contributed by atoms with Gasteiger partial charge in [0.25, 0.3) is 0 Å². The van der Waals surface area contributed by atoms with E-state index in [9.17, 15) is 18.0 Å². The van der Waals surface area contributed by atoms with E-state index in [1.807, 2.05) is 6.92 Å². The van der Waals surface area contributed by atoms with E-state index in [1.165, 1.54) is 10.7 Å². The van der Waals surface area contributed by atoms with Crippen molar-refractivity contribution in [3.8, 4) is 5.75 Å². The van der Waals surface area contributed by atoms with Crippen molar-refractivity contribution in [1.82, 2.24) is 14.9 Å². The van der Waals surface area contributed by atoms with Gasteiger partial charge < -0.3 is 15.9 Å². The Kier molecular flexibility index (Phi) is 6.35. The van der Waals surface area contributed by atoms with Gasteiger partial charge in [-0.3, -0.25) is 4.79 Å². The summed E-state index contributed by atoms with van der Waals surface area (Å²) in [4.78, 5) is 12.1. The number of nitrogen functional groups attached to an aromatic ring is 1. The van der Waals surface area contributed by atoms with E-state index in [0.29, 0.717) is 24.0 Å². The fourth-order valence-corrected chi connectivity index (χ4v) is 2.61. The first-order valence-corrected chi connectivity index (χ1v) is 8.64. The Morgan fingerprint density at radius 2 is 2.12 bits per heavy atom. The van der Waals surface area contributed by atoms with Crippen LogP contribution in [0.3, 0.4) is 0 Å². The number of thioether (sulfide) groups is 1. The van der Waals surface area contributed by atoms with Crippen molar-refractivity contribution in [3.63, 3.8) is 0 Å². The highest BCUT2D eigenvalue weighted by Crippen LogP contribution is 2.35. The van der Waals surface area contributed by atoms with Crippen LogP contribution in [0.25, 0.3) is 0 Å². The highest BCUT2D eigenvalue weighted by atomic mass is 32.2. The van der Waals surface area contributed by atoms with Crippen LogP contribution in [-0.4, -0.2) is 33.1 Å². The molecular weight excluding hydrogens is 371 g/mol. The minimum absolute atomic E-state index is 0.0377. The van der Waals surface area contributed by atoms with Gasteiger partial charge in [0.15, 0.2) is 0 Å². The summed E-state index contributed by atoms with van der Waals surface area (Å²) in [6.07, 6.45) is -3.85. The third-order valence-corrected chi connectivity index (χ3v) is 4.15. The minimum Gasteiger partial charge on any atom is -0.491 e. The lowest BCUT2D eigenvalue weighted by Crippen LogP contribution is -2.18. The number of hydrogen-bond donors (Lipinski definition) is 2. The quantitative estimate of drug-likeness (QED) is 0.559. The SMILES string of the molecule is CCCOc1ccc(C(F)(F)F)cc1NC(=O)CSc1nnc(C)n1N. The van der Waals surface area contributed by atoms with Gasteiger partial charge in [0.1, 0.15) is 11.6 Å². The van der Waals surface area contributed by atoms with Crippen molar-refractivity contribution >= 4 is 23.4 Å². The van der Waals surface area contributed by atoms with Gasteiger partial charge >= 0.3 is 6.18 Å². The Balaban J connectivity index is 2.11. The number of amides is 1. The lowest BCUT2D eigenvalue weighted by molar-refractivity contribution is -0.137. The minimum atomic E-state index is -4.52. The topological polar surface area (TPSA) is 95.1 Å². The number of rotatable bonds is 7. The summed E-state index contributed by atoms with van der Waals surface area (Å²) in [5.74, 6) is 5.72. The molecule has 2 aromatic rings. The molecule has 1 aromatic carbocycles. The van der Waals surface area contributed by atoms with Gasteiger partial charge in [-0.15, -0.1) is 10.2 Å². The second-order valence-corrected chi connectivity index (χ2v) is 6.24. The van der Waals surface area contributed by atoms with Crippen molar-refractivity contribution in [1.29, 1.82) is 0 Å². The van der Waals surface area contributed by atoms with E-state index in [2.05, 4.69) is 15.5 Å². The molecule has 0 bridgehead atoms. The predicted octanol–water partition coefficient (Wildman–Crippen LogP) is 2.84. The first-order valence-electron chi connectivity index (χ1n) is 7.66. The summed E-state index contributed by atoms with van der Waals surface area (Å²) < 4.78 is 45.4. The van der Waals surface area contributed by atoms with Gasteiger partial charge in [-0.1, -0.05) is 18.7 Å². The number of nitrogens with zero attached hydrogens (tertiary/aromatic N) is 3. The van der Waals surface area contributed by atoms with Crippen LogP contribution in [0.1, 0.15) is 24.7 Å². The summed E-state index contributed by atoms with van der Waals surface area (Å²) in [6, 6.07) is 2.96. The highest BCUT2D eigenvalue weighted by molar-refractivity contribution is 7.99. The second-order valence-electron chi connectivity index (χ2n) is 5.29. The average Bonchev–Trinajstić information content (AvgIpc) is 2.89. The first-order chi connectivity index (χ1) is 12.2. The maximum absolute atomic E-state index is 12.9. The molecule has 142 valence electrons. The van der Waals surface area contributed by atoms with Gasteiger partial charge in [0.2, 0.25) is 11.1 Å². The molecule has 26 heavy (non-hydrogen) atoms.